The first-order valence-electron chi connectivity index (χ1n) is 5.78. The van der Waals surface area contributed by atoms with Gasteiger partial charge in [0.2, 0.25) is 11.8 Å². The lowest BCUT2D eigenvalue weighted by Gasteiger charge is -2.26. The van der Waals surface area contributed by atoms with E-state index in [1.807, 2.05) is 13.8 Å². The maximum Gasteiger partial charge on any atom is 0.245 e. The summed E-state index contributed by atoms with van der Waals surface area (Å²) in [6.07, 6.45) is 1.39. The summed E-state index contributed by atoms with van der Waals surface area (Å²) >= 11 is 0. The Morgan fingerprint density at radius 2 is 2.17 bits per heavy atom. The number of nitrogens with zero attached hydrogens (tertiary/aromatic N) is 3. The minimum Gasteiger partial charge on any atom is -0.344 e. The van der Waals surface area contributed by atoms with E-state index in [2.05, 4.69) is 20.5 Å². The minimum absolute atomic E-state index is 0.0265. The van der Waals surface area contributed by atoms with Gasteiger partial charge in [-0.2, -0.15) is 5.10 Å². The number of carbonyl (C=O) groups excluding carboxylic acids is 2. The summed E-state index contributed by atoms with van der Waals surface area (Å²) in [5.74, 6) is 0.279. The molecular formula is C11H19N5O2. The van der Waals surface area contributed by atoms with Gasteiger partial charge in [0.25, 0.3) is 0 Å². The first-order chi connectivity index (χ1) is 8.41. The molecule has 0 radical (unpaired) electrons. The summed E-state index contributed by atoms with van der Waals surface area (Å²) < 4.78 is 0. The van der Waals surface area contributed by atoms with Crippen molar-refractivity contribution in [3.05, 3.63) is 12.2 Å². The van der Waals surface area contributed by atoms with Crippen LogP contribution < -0.4 is 5.32 Å². The van der Waals surface area contributed by atoms with E-state index in [1.54, 1.807) is 7.05 Å². The van der Waals surface area contributed by atoms with E-state index in [0.29, 0.717) is 12.4 Å². The van der Waals surface area contributed by atoms with Crippen LogP contribution in [-0.4, -0.2) is 45.0 Å². The van der Waals surface area contributed by atoms with Crippen LogP contribution in [0.3, 0.4) is 0 Å². The van der Waals surface area contributed by atoms with Crippen LogP contribution in [0.2, 0.25) is 0 Å². The molecule has 2 amide bonds. The van der Waals surface area contributed by atoms with E-state index in [9.17, 15) is 9.59 Å². The van der Waals surface area contributed by atoms with Crippen LogP contribution in [0.15, 0.2) is 6.33 Å². The van der Waals surface area contributed by atoms with Gasteiger partial charge >= 0.3 is 0 Å². The zero-order valence-electron chi connectivity index (χ0n) is 11.1. The summed E-state index contributed by atoms with van der Waals surface area (Å²) in [5, 5.41) is 9.07. The molecule has 1 atom stereocenters. The second kappa shape index (κ2) is 6.13. The van der Waals surface area contributed by atoms with E-state index < -0.39 is 6.04 Å². The summed E-state index contributed by atoms with van der Waals surface area (Å²) in [4.78, 5) is 28.8. The van der Waals surface area contributed by atoms with Crippen molar-refractivity contribution in [1.82, 2.24) is 25.4 Å². The van der Waals surface area contributed by atoms with Gasteiger partial charge in [0.15, 0.2) is 0 Å². The minimum atomic E-state index is -0.518. The van der Waals surface area contributed by atoms with E-state index >= 15 is 0 Å². The Hall–Kier alpha value is -1.92. The third-order valence-electron chi connectivity index (χ3n) is 2.52. The SMILES string of the molecule is CC(=O)NC(C(=O)N(C)Cc1ncn[nH]1)C(C)C. The number of aromatic nitrogens is 3. The number of amides is 2. The zero-order chi connectivity index (χ0) is 13.7. The predicted molar refractivity (Wildman–Crippen MR) is 65.3 cm³/mol. The van der Waals surface area contributed by atoms with Gasteiger partial charge in [0.05, 0.1) is 6.54 Å². The van der Waals surface area contributed by atoms with Crippen molar-refractivity contribution in [2.45, 2.75) is 33.4 Å². The third-order valence-corrected chi connectivity index (χ3v) is 2.52. The molecule has 100 valence electrons. The van der Waals surface area contributed by atoms with Crippen LogP contribution >= 0.6 is 0 Å². The van der Waals surface area contributed by atoms with E-state index in [4.69, 9.17) is 0 Å². The van der Waals surface area contributed by atoms with Crippen molar-refractivity contribution in [1.29, 1.82) is 0 Å². The molecular weight excluding hydrogens is 234 g/mol. The van der Waals surface area contributed by atoms with Crippen molar-refractivity contribution in [3.63, 3.8) is 0 Å². The number of rotatable bonds is 5. The molecule has 1 aromatic heterocycles. The Morgan fingerprint density at radius 1 is 1.50 bits per heavy atom. The normalized spacial score (nSPS) is 12.3. The molecule has 7 nitrogen and oxygen atoms in total. The van der Waals surface area contributed by atoms with Gasteiger partial charge in [-0.25, -0.2) is 4.98 Å². The molecule has 1 heterocycles. The molecule has 0 aliphatic rings. The Labute approximate surface area is 106 Å². The highest BCUT2D eigenvalue weighted by Gasteiger charge is 2.26. The number of nitrogens with one attached hydrogen (secondary N) is 2. The van der Waals surface area contributed by atoms with Crippen LogP contribution in [0, 0.1) is 5.92 Å². The van der Waals surface area contributed by atoms with Gasteiger partial charge in [-0.3, -0.25) is 14.7 Å². The summed E-state index contributed by atoms with van der Waals surface area (Å²) in [7, 11) is 1.67. The lowest BCUT2D eigenvalue weighted by Crippen LogP contribution is -2.49. The van der Waals surface area contributed by atoms with Crippen molar-refractivity contribution < 1.29 is 9.59 Å². The highest BCUT2D eigenvalue weighted by atomic mass is 16.2. The number of carbonyl (C=O) groups is 2. The molecule has 2 N–H and O–H groups in total. The van der Waals surface area contributed by atoms with Crippen LogP contribution in [0.4, 0.5) is 0 Å². The number of hydrogen-bond acceptors (Lipinski definition) is 4. The van der Waals surface area contributed by atoms with Crippen molar-refractivity contribution in [2.24, 2.45) is 5.92 Å². The Bertz CT molecular complexity index is 402. The van der Waals surface area contributed by atoms with Crippen molar-refractivity contribution in [3.8, 4) is 0 Å². The summed E-state index contributed by atoms with van der Waals surface area (Å²) in [6.45, 7) is 5.52. The lowest BCUT2D eigenvalue weighted by atomic mass is 10.0. The summed E-state index contributed by atoms with van der Waals surface area (Å²) in [5.41, 5.74) is 0. The molecule has 0 aliphatic carbocycles. The molecule has 0 bridgehead atoms. The Kier molecular flexibility index (Phi) is 4.82. The Balaban J connectivity index is 2.67. The van der Waals surface area contributed by atoms with Gasteiger partial charge in [-0.15, -0.1) is 0 Å². The number of hydrogen-bond donors (Lipinski definition) is 2. The molecule has 1 aromatic rings. The fourth-order valence-electron chi connectivity index (χ4n) is 1.58. The van der Waals surface area contributed by atoms with Crippen LogP contribution in [0.25, 0.3) is 0 Å². The van der Waals surface area contributed by atoms with E-state index in [0.717, 1.165) is 0 Å². The van der Waals surface area contributed by atoms with Crippen LogP contribution in [0.1, 0.15) is 26.6 Å². The highest BCUT2D eigenvalue weighted by molar-refractivity contribution is 5.86. The molecule has 0 aromatic carbocycles. The summed E-state index contributed by atoms with van der Waals surface area (Å²) in [6, 6.07) is -0.518. The number of H-pyrrole nitrogens is 1. The molecule has 1 unspecified atom stereocenters. The smallest absolute Gasteiger partial charge is 0.245 e. The molecule has 7 heteroatoms. The van der Waals surface area contributed by atoms with E-state index in [-0.39, 0.29) is 17.7 Å². The van der Waals surface area contributed by atoms with Crippen molar-refractivity contribution >= 4 is 11.8 Å². The van der Waals surface area contributed by atoms with Gasteiger partial charge in [-0.1, -0.05) is 13.8 Å². The molecule has 18 heavy (non-hydrogen) atoms. The monoisotopic (exact) mass is 253 g/mol. The lowest BCUT2D eigenvalue weighted by molar-refractivity contribution is -0.136. The number of aromatic amines is 1. The highest BCUT2D eigenvalue weighted by Crippen LogP contribution is 2.07. The van der Waals surface area contributed by atoms with Gasteiger partial charge in [-0.05, 0) is 5.92 Å². The Morgan fingerprint density at radius 3 is 2.61 bits per heavy atom. The van der Waals surface area contributed by atoms with Crippen LogP contribution in [-0.2, 0) is 16.1 Å². The molecule has 0 saturated heterocycles. The fourth-order valence-corrected chi connectivity index (χ4v) is 1.58. The number of likely N-dealkylation sites (N-methyl/N-ethyl adjacent to an activating group) is 1. The standard InChI is InChI=1S/C11H19N5O2/c1-7(2)10(14-8(3)17)11(18)16(4)5-9-12-6-13-15-9/h6-7,10H,5H2,1-4H3,(H,14,17)(H,12,13,15). The van der Waals surface area contributed by atoms with Crippen molar-refractivity contribution in [2.75, 3.05) is 7.05 Å². The van der Waals surface area contributed by atoms with Gasteiger partial charge < -0.3 is 10.2 Å². The third kappa shape index (κ3) is 3.83. The largest absolute Gasteiger partial charge is 0.344 e. The maximum absolute atomic E-state index is 12.2. The van der Waals surface area contributed by atoms with Gasteiger partial charge in [0.1, 0.15) is 18.2 Å². The predicted octanol–water partition coefficient (Wildman–Crippen LogP) is -0.0762. The molecule has 0 saturated carbocycles. The fraction of sp³-hybridized carbons (Fsp3) is 0.636. The average molecular weight is 253 g/mol. The average Bonchev–Trinajstić information content (AvgIpc) is 2.77. The second-order valence-corrected chi connectivity index (χ2v) is 4.55. The zero-order valence-corrected chi connectivity index (χ0v) is 11.1. The quantitative estimate of drug-likeness (QED) is 0.768. The molecule has 0 aliphatic heterocycles. The first-order valence-corrected chi connectivity index (χ1v) is 5.78. The van der Waals surface area contributed by atoms with Gasteiger partial charge in [0, 0.05) is 14.0 Å². The first kappa shape index (κ1) is 14.1. The molecule has 1 rings (SSSR count). The van der Waals surface area contributed by atoms with Crippen LogP contribution in [0.5, 0.6) is 0 Å². The maximum atomic E-state index is 12.2. The topological polar surface area (TPSA) is 91.0 Å². The molecule has 0 fully saturated rings. The molecule has 0 spiro atoms. The van der Waals surface area contributed by atoms with E-state index in [1.165, 1.54) is 18.2 Å². The second-order valence-electron chi connectivity index (χ2n) is 4.55.